The molecule has 1 aromatic carbocycles. The smallest absolute Gasteiger partial charge is 0.207 e. The second-order valence-corrected chi connectivity index (χ2v) is 11.9. The van der Waals surface area contributed by atoms with E-state index in [9.17, 15) is 8.42 Å². The summed E-state index contributed by atoms with van der Waals surface area (Å²) in [5.41, 5.74) is 0.0287. The highest BCUT2D eigenvalue weighted by Gasteiger charge is 2.23. The minimum absolute atomic E-state index is 0.242. The second kappa shape index (κ2) is 5.80. The van der Waals surface area contributed by atoms with Gasteiger partial charge in [-0.2, -0.15) is 10.0 Å². The Kier molecular flexibility index (Phi) is 4.96. The summed E-state index contributed by atoms with van der Waals surface area (Å²) in [6, 6.07) is 6.86. The lowest BCUT2D eigenvalue weighted by atomic mass is 10.1. The van der Waals surface area contributed by atoms with Gasteiger partial charge in [0.1, 0.15) is 0 Å². The summed E-state index contributed by atoms with van der Waals surface area (Å²) >= 11 is 0. The average Bonchev–Trinajstić information content (AvgIpc) is 2.22. The first kappa shape index (κ1) is 17.1. The quantitative estimate of drug-likeness (QED) is 0.853. The molecule has 0 aliphatic heterocycles. The van der Waals surface area contributed by atoms with Crippen LogP contribution in [0.3, 0.4) is 0 Å². The van der Waals surface area contributed by atoms with Gasteiger partial charge >= 0.3 is 0 Å². The second-order valence-electron chi connectivity index (χ2n) is 6.42. The van der Waals surface area contributed by atoms with Crippen LogP contribution in [0.5, 0.6) is 0 Å². The highest BCUT2D eigenvalue weighted by Crippen LogP contribution is 2.32. The fourth-order valence-corrected chi connectivity index (χ4v) is 3.47. The molecule has 0 fully saturated rings. The molecule has 5 heteroatoms. The van der Waals surface area contributed by atoms with Crippen molar-refractivity contribution in [2.45, 2.75) is 31.2 Å². The van der Waals surface area contributed by atoms with Crippen LogP contribution in [-0.2, 0) is 10.0 Å². The zero-order chi connectivity index (χ0) is 15.6. The molecule has 0 aliphatic carbocycles. The first-order valence-corrected chi connectivity index (χ1v) is 10.6. The van der Waals surface area contributed by atoms with E-state index in [1.807, 2.05) is 20.8 Å². The molecule has 112 valence electrons. The SMILES string of the molecule is CC(C)(C)NS(=O)(=O)c1ccccc1C#CS(C)(C)C. The first-order chi connectivity index (χ1) is 8.91. The summed E-state index contributed by atoms with van der Waals surface area (Å²) < 4.78 is 27.5. The van der Waals surface area contributed by atoms with Crippen LogP contribution < -0.4 is 4.72 Å². The summed E-state index contributed by atoms with van der Waals surface area (Å²) in [6.45, 7) is 5.45. The van der Waals surface area contributed by atoms with E-state index in [0.29, 0.717) is 5.56 Å². The number of hydrogen-bond donors (Lipinski definition) is 1. The molecule has 0 bridgehead atoms. The Labute approximate surface area is 124 Å². The summed E-state index contributed by atoms with van der Waals surface area (Å²) in [5.74, 6) is 3.01. The Morgan fingerprint density at radius 2 is 1.60 bits per heavy atom. The molecule has 0 saturated carbocycles. The van der Waals surface area contributed by atoms with Gasteiger partial charge in [0, 0.05) is 11.1 Å². The average molecular weight is 313 g/mol. The minimum Gasteiger partial charge on any atom is -0.207 e. The Morgan fingerprint density at radius 3 is 2.10 bits per heavy atom. The number of hydrogen-bond acceptors (Lipinski definition) is 2. The molecule has 0 amide bonds. The van der Waals surface area contributed by atoms with Crippen molar-refractivity contribution >= 4 is 20.1 Å². The van der Waals surface area contributed by atoms with Gasteiger partial charge in [-0.25, -0.2) is 13.1 Å². The summed E-state index contributed by atoms with van der Waals surface area (Å²) in [6.07, 6.45) is 6.22. The molecular weight excluding hydrogens is 290 g/mol. The van der Waals surface area contributed by atoms with Crippen molar-refractivity contribution < 1.29 is 8.42 Å². The van der Waals surface area contributed by atoms with Gasteiger partial charge in [0.05, 0.1) is 4.90 Å². The van der Waals surface area contributed by atoms with Crippen LogP contribution in [0.15, 0.2) is 29.2 Å². The van der Waals surface area contributed by atoms with E-state index in [-0.39, 0.29) is 4.90 Å². The van der Waals surface area contributed by atoms with Crippen LogP contribution in [0.1, 0.15) is 26.3 Å². The molecule has 20 heavy (non-hydrogen) atoms. The fourth-order valence-electron chi connectivity index (χ4n) is 1.47. The van der Waals surface area contributed by atoms with Crippen LogP contribution >= 0.6 is 10.0 Å². The van der Waals surface area contributed by atoms with Crippen molar-refractivity contribution in [2.75, 3.05) is 18.8 Å². The van der Waals surface area contributed by atoms with Crippen molar-refractivity contribution in [1.82, 2.24) is 4.72 Å². The molecule has 0 atom stereocenters. The molecule has 0 radical (unpaired) electrons. The molecule has 3 nitrogen and oxygen atoms in total. The van der Waals surface area contributed by atoms with E-state index >= 15 is 0 Å². The molecule has 0 saturated heterocycles. The lowest BCUT2D eigenvalue weighted by Crippen LogP contribution is -2.40. The molecular formula is C15H23NO2S2. The zero-order valence-electron chi connectivity index (χ0n) is 12.9. The van der Waals surface area contributed by atoms with Crippen LogP contribution in [0.25, 0.3) is 0 Å². The van der Waals surface area contributed by atoms with E-state index in [1.54, 1.807) is 24.3 Å². The maximum absolute atomic E-state index is 12.4. The molecule has 1 rings (SSSR count). The minimum atomic E-state index is -3.56. The molecule has 1 N–H and O–H groups in total. The van der Waals surface area contributed by atoms with Crippen LogP contribution in [0.4, 0.5) is 0 Å². The molecule has 0 heterocycles. The van der Waals surface area contributed by atoms with Gasteiger partial charge < -0.3 is 0 Å². The van der Waals surface area contributed by atoms with Gasteiger partial charge in [-0.3, -0.25) is 0 Å². The highest BCUT2D eigenvalue weighted by molar-refractivity contribution is 8.35. The normalized spacial score (nSPS) is 13.5. The number of rotatable bonds is 2. The first-order valence-electron chi connectivity index (χ1n) is 6.25. The monoisotopic (exact) mass is 313 g/mol. The largest absolute Gasteiger partial charge is 0.242 e. The van der Waals surface area contributed by atoms with Crippen LogP contribution in [-0.4, -0.2) is 32.7 Å². The summed E-state index contributed by atoms with van der Waals surface area (Å²) in [5, 5.41) is 3.15. The van der Waals surface area contributed by atoms with Crippen LogP contribution in [0.2, 0.25) is 0 Å². The van der Waals surface area contributed by atoms with Gasteiger partial charge in [0.25, 0.3) is 0 Å². The van der Waals surface area contributed by atoms with E-state index < -0.39 is 25.6 Å². The molecule has 0 unspecified atom stereocenters. The van der Waals surface area contributed by atoms with E-state index in [0.717, 1.165) is 0 Å². The Morgan fingerprint density at radius 1 is 1.05 bits per heavy atom. The third-order valence-electron chi connectivity index (χ3n) is 2.11. The number of sulfonamides is 1. The van der Waals surface area contributed by atoms with Gasteiger partial charge in [-0.05, 0) is 56.9 Å². The Bertz CT molecular complexity index is 639. The molecule has 0 aliphatic rings. The van der Waals surface area contributed by atoms with Crippen molar-refractivity contribution in [3.05, 3.63) is 29.8 Å². The topological polar surface area (TPSA) is 46.2 Å². The van der Waals surface area contributed by atoms with E-state index in [4.69, 9.17) is 0 Å². The van der Waals surface area contributed by atoms with Gasteiger partial charge in [-0.1, -0.05) is 18.1 Å². The summed E-state index contributed by atoms with van der Waals surface area (Å²) in [7, 11) is -4.56. The van der Waals surface area contributed by atoms with E-state index in [1.165, 1.54) is 0 Å². The standard InChI is InChI=1S/C15H23NO2S2/c1-15(2,3)16-20(17,18)14-10-8-7-9-13(14)11-12-19(4,5)6/h7-10,16H,1-6H3. The predicted molar refractivity (Wildman–Crippen MR) is 88.8 cm³/mol. The van der Waals surface area contributed by atoms with Crippen LogP contribution in [0, 0.1) is 11.2 Å². The van der Waals surface area contributed by atoms with Gasteiger partial charge in [0.15, 0.2) is 0 Å². The van der Waals surface area contributed by atoms with Crippen molar-refractivity contribution in [3.63, 3.8) is 0 Å². The lowest BCUT2D eigenvalue weighted by molar-refractivity contribution is 0.491. The lowest BCUT2D eigenvalue weighted by Gasteiger charge is -2.21. The molecule has 0 spiro atoms. The Hall–Kier alpha value is -0.960. The third-order valence-corrected chi connectivity index (χ3v) is 4.64. The van der Waals surface area contributed by atoms with Gasteiger partial charge in [-0.15, -0.1) is 0 Å². The van der Waals surface area contributed by atoms with Gasteiger partial charge in [0.2, 0.25) is 10.0 Å². The number of nitrogens with one attached hydrogen (secondary N) is 1. The molecule has 0 aromatic heterocycles. The zero-order valence-corrected chi connectivity index (χ0v) is 14.6. The third kappa shape index (κ3) is 5.58. The number of benzene rings is 1. The fraction of sp³-hybridized carbons (Fsp3) is 0.467. The summed E-state index contributed by atoms with van der Waals surface area (Å²) in [4.78, 5) is 0.242. The van der Waals surface area contributed by atoms with Crippen molar-refractivity contribution in [1.29, 1.82) is 0 Å². The maximum atomic E-state index is 12.4. The molecule has 1 aromatic rings. The van der Waals surface area contributed by atoms with Crippen molar-refractivity contribution in [3.8, 4) is 11.2 Å². The Balaban J connectivity index is 3.30. The van der Waals surface area contributed by atoms with E-state index in [2.05, 4.69) is 34.7 Å². The maximum Gasteiger partial charge on any atom is 0.242 e. The highest BCUT2D eigenvalue weighted by atomic mass is 32.3. The predicted octanol–water partition coefficient (Wildman–Crippen LogP) is 2.77. The van der Waals surface area contributed by atoms with Crippen molar-refractivity contribution in [2.24, 2.45) is 0 Å².